The molecule has 1 fully saturated rings. The molecule has 1 aliphatic heterocycles. The standard InChI is InChI=1S/C9H10F2N2O3S2/c10-3-1-13(9(18)12-7(3)17)8-6(15)5(11)4(2-14)16-8/h1,4-6,8,14-15H,2H2,(H,12,17,18). The van der Waals surface area contributed by atoms with Crippen molar-refractivity contribution in [3.63, 3.8) is 0 Å². The number of halogens is 2. The van der Waals surface area contributed by atoms with Crippen molar-refractivity contribution in [2.45, 2.75) is 24.6 Å². The topological polar surface area (TPSA) is 70.4 Å². The maximum atomic E-state index is 13.5. The number of nitrogens with zero attached hydrogens (tertiary/aromatic N) is 1. The van der Waals surface area contributed by atoms with Gasteiger partial charge in [-0.2, -0.15) is 0 Å². The van der Waals surface area contributed by atoms with Gasteiger partial charge < -0.3 is 19.9 Å². The third-order valence-corrected chi connectivity index (χ3v) is 3.28. The lowest BCUT2D eigenvalue weighted by molar-refractivity contribution is -0.0532. The Morgan fingerprint density at radius 2 is 2.17 bits per heavy atom. The van der Waals surface area contributed by atoms with E-state index in [1.54, 1.807) is 0 Å². The highest BCUT2D eigenvalue weighted by Gasteiger charge is 2.44. The number of hydrogen-bond donors (Lipinski definition) is 3. The summed E-state index contributed by atoms with van der Waals surface area (Å²) in [4.78, 5) is 2.39. The van der Waals surface area contributed by atoms with E-state index in [-0.39, 0.29) is 9.41 Å². The molecule has 1 aromatic heterocycles. The van der Waals surface area contributed by atoms with Gasteiger partial charge in [-0.05, 0) is 12.2 Å². The fourth-order valence-electron chi connectivity index (χ4n) is 1.74. The van der Waals surface area contributed by atoms with Crippen LogP contribution in [-0.2, 0) is 4.74 Å². The van der Waals surface area contributed by atoms with Gasteiger partial charge in [-0.3, -0.25) is 4.57 Å². The second kappa shape index (κ2) is 5.10. The van der Waals surface area contributed by atoms with Crippen LogP contribution in [0.3, 0.4) is 0 Å². The van der Waals surface area contributed by atoms with Crippen LogP contribution in [-0.4, -0.2) is 44.8 Å². The van der Waals surface area contributed by atoms with E-state index in [1.807, 2.05) is 0 Å². The smallest absolute Gasteiger partial charge is 0.180 e. The summed E-state index contributed by atoms with van der Waals surface area (Å²) in [6.45, 7) is -0.590. The molecular weight excluding hydrogens is 286 g/mol. The second-order valence-corrected chi connectivity index (χ2v) is 4.62. The molecule has 1 aliphatic rings. The Morgan fingerprint density at radius 3 is 2.72 bits per heavy atom. The first-order chi connectivity index (χ1) is 8.45. The summed E-state index contributed by atoms with van der Waals surface area (Å²) in [6.07, 6.45) is -4.75. The van der Waals surface area contributed by atoms with Gasteiger partial charge in [0.25, 0.3) is 0 Å². The number of aliphatic hydroxyl groups is 2. The SMILES string of the molecule is OCC1OC(n2cc(F)c(=S)[nH]c2=S)C(O)C1F. The Hall–Kier alpha value is -0.740. The molecule has 0 amide bonds. The Morgan fingerprint density at radius 1 is 1.50 bits per heavy atom. The molecule has 0 bridgehead atoms. The number of rotatable bonds is 2. The molecule has 5 nitrogen and oxygen atoms in total. The molecule has 18 heavy (non-hydrogen) atoms. The van der Waals surface area contributed by atoms with Crippen LogP contribution in [0.5, 0.6) is 0 Å². The van der Waals surface area contributed by atoms with E-state index in [9.17, 15) is 13.9 Å². The Kier molecular flexibility index (Phi) is 3.87. The normalized spacial score (nSPS) is 31.8. The quantitative estimate of drug-likeness (QED) is 0.710. The fraction of sp³-hybridized carbons (Fsp3) is 0.556. The summed E-state index contributed by atoms with van der Waals surface area (Å²) < 4.78 is 32.8. The maximum Gasteiger partial charge on any atom is 0.180 e. The molecule has 0 aliphatic carbocycles. The fourth-order valence-corrected chi connectivity index (χ4v) is 2.21. The van der Waals surface area contributed by atoms with Crippen molar-refractivity contribution in [3.8, 4) is 0 Å². The largest absolute Gasteiger partial charge is 0.394 e. The summed E-state index contributed by atoms with van der Waals surface area (Å²) in [5.41, 5.74) is 0. The van der Waals surface area contributed by atoms with E-state index >= 15 is 0 Å². The van der Waals surface area contributed by atoms with Crippen molar-refractivity contribution >= 4 is 24.4 Å². The van der Waals surface area contributed by atoms with Crippen molar-refractivity contribution in [1.82, 2.24) is 9.55 Å². The highest BCUT2D eigenvalue weighted by Crippen LogP contribution is 2.31. The van der Waals surface area contributed by atoms with Gasteiger partial charge in [-0.1, -0.05) is 12.2 Å². The van der Waals surface area contributed by atoms with Crippen LogP contribution in [0.2, 0.25) is 0 Å². The number of alkyl halides is 1. The minimum Gasteiger partial charge on any atom is -0.394 e. The molecule has 1 aromatic rings. The van der Waals surface area contributed by atoms with Gasteiger partial charge >= 0.3 is 0 Å². The van der Waals surface area contributed by atoms with Gasteiger partial charge in [0.05, 0.1) is 6.61 Å². The van der Waals surface area contributed by atoms with Gasteiger partial charge in [0.15, 0.2) is 23.0 Å². The van der Waals surface area contributed by atoms with E-state index < -0.39 is 37.0 Å². The lowest BCUT2D eigenvalue weighted by Gasteiger charge is -2.18. The molecule has 1 saturated heterocycles. The predicted molar refractivity (Wildman–Crippen MR) is 62.3 cm³/mol. The highest BCUT2D eigenvalue weighted by atomic mass is 32.1. The van der Waals surface area contributed by atoms with Crippen LogP contribution in [0.4, 0.5) is 8.78 Å². The van der Waals surface area contributed by atoms with Gasteiger partial charge in [0.1, 0.15) is 16.8 Å². The van der Waals surface area contributed by atoms with Gasteiger partial charge in [0, 0.05) is 6.20 Å². The van der Waals surface area contributed by atoms with Crippen LogP contribution in [0.15, 0.2) is 6.20 Å². The third-order valence-electron chi connectivity index (χ3n) is 2.67. The number of aromatic amines is 1. The molecule has 0 saturated carbocycles. The highest BCUT2D eigenvalue weighted by molar-refractivity contribution is 7.72. The molecule has 2 rings (SSSR count). The zero-order chi connectivity index (χ0) is 13.4. The monoisotopic (exact) mass is 296 g/mol. The second-order valence-electron chi connectivity index (χ2n) is 3.83. The molecule has 4 unspecified atom stereocenters. The van der Waals surface area contributed by atoms with Gasteiger partial charge in [0.2, 0.25) is 0 Å². The summed E-state index contributed by atoms with van der Waals surface area (Å²) in [5.74, 6) is -0.766. The van der Waals surface area contributed by atoms with Crippen molar-refractivity contribution in [3.05, 3.63) is 21.4 Å². The van der Waals surface area contributed by atoms with E-state index in [0.29, 0.717) is 0 Å². The molecule has 9 heteroatoms. The maximum absolute atomic E-state index is 13.5. The molecule has 0 aromatic carbocycles. The average Bonchev–Trinajstić information content (AvgIpc) is 2.61. The molecular formula is C9H10F2N2O3S2. The van der Waals surface area contributed by atoms with Crippen LogP contribution in [0.25, 0.3) is 0 Å². The lowest BCUT2D eigenvalue weighted by Crippen LogP contribution is -2.29. The van der Waals surface area contributed by atoms with Crippen molar-refractivity contribution in [2.75, 3.05) is 6.61 Å². The molecule has 3 N–H and O–H groups in total. The Bertz CT molecular complexity index is 561. The Balaban J connectivity index is 2.42. The molecule has 2 heterocycles. The van der Waals surface area contributed by atoms with Crippen molar-refractivity contribution < 1.29 is 23.7 Å². The van der Waals surface area contributed by atoms with Crippen molar-refractivity contribution in [2.24, 2.45) is 0 Å². The first kappa shape index (κ1) is 13.7. The van der Waals surface area contributed by atoms with Crippen molar-refractivity contribution in [1.29, 1.82) is 0 Å². The van der Waals surface area contributed by atoms with E-state index in [4.69, 9.17) is 22.1 Å². The summed E-state index contributed by atoms with van der Waals surface area (Å²) in [6, 6.07) is 0. The number of aromatic nitrogens is 2. The number of aliphatic hydroxyl groups excluding tert-OH is 2. The van der Waals surface area contributed by atoms with E-state index in [1.165, 1.54) is 0 Å². The van der Waals surface area contributed by atoms with Crippen LogP contribution >= 0.6 is 24.4 Å². The molecule has 0 spiro atoms. The van der Waals surface area contributed by atoms with E-state index in [2.05, 4.69) is 17.2 Å². The molecule has 4 atom stereocenters. The van der Waals surface area contributed by atoms with Gasteiger partial charge in [-0.25, -0.2) is 8.78 Å². The minimum absolute atomic E-state index is 0.00348. The predicted octanol–water partition coefficient (Wildman–Crippen LogP) is 1.00. The molecule has 100 valence electrons. The first-order valence-electron chi connectivity index (χ1n) is 5.05. The molecule has 0 radical (unpaired) electrons. The zero-order valence-corrected chi connectivity index (χ0v) is 10.5. The number of ether oxygens (including phenoxy) is 1. The average molecular weight is 296 g/mol. The number of hydrogen-bond acceptors (Lipinski definition) is 5. The van der Waals surface area contributed by atoms with Crippen LogP contribution in [0.1, 0.15) is 6.23 Å². The summed E-state index contributed by atoms with van der Waals surface area (Å²) in [7, 11) is 0. The summed E-state index contributed by atoms with van der Waals surface area (Å²) in [5, 5.41) is 18.5. The number of H-pyrrole nitrogens is 1. The summed E-state index contributed by atoms with van der Waals surface area (Å²) >= 11 is 9.55. The minimum atomic E-state index is -1.77. The van der Waals surface area contributed by atoms with Gasteiger partial charge in [-0.15, -0.1) is 0 Å². The first-order valence-corrected chi connectivity index (χ1v) is 5.86. The number of nitrogens with one attached hydrogen (secondary N) is 1. The lowest BCUT2D eigenvalue weighted by atomic mass is 10.1. The van der Waals surface area contributed by atoms with E-state index in [0.717, 1.165) is 10.8 Å². The Labute approximate surface area is 111 Å². The van der Waals surface area contributed by atoms with Crippen LogP contribution < -0.4 is 0 Å². The van der Waals surface area contributed by atoms with Crippen LogP contribution in [0, 0.1) is 15.2 Å². The zero-order valence-electron chi connectivity index (χ0n) is 8.92. The third kappa shape index (κ3) is 2.24.